The number of para-hydroxylation sites is 2. The second-order valence-electron chi connectivity index (χ2n) is 6.38. The van der Waals surface area contributed by atoms with Gasteiger partial charge in [0.2, 0.25) is 0 Å². The van der Waals surface area contributed by atoms with Crippen molar-refractivity contribution in [1.82, 2.24) is 0 Å². The van der Waals surface area contributed by atoms with E-state index in [9.17, 15) is 0 Å². The van der Waals surface area contributed by atoms with Gasteiger partial charge in [0, 0.05) is 13.0 Å². The standard InChI is InChI=1S/C21H27N3O/c1-25-18-10-8-9-17(15-18)16-23-21-13-4-2-3-7-14-22-19-11-5-6-12-20(19)24-21/h5-6,8-12,15,22H,2-4,7,13-14,16H2,1H3,(H,23,24). The molecular weight excluding hydrogens is 310 g/mol. The van der Waals surface area contributed by atoms with Gasteiger partial charge < -0.3 is 15.4 Å². The topological polar surface area (TPSA) is 45.6 Å². The first-order valence-electron chi connectivity index (χ1n) is 9.11. The molecule has 0 radical (unpaired) electrons. The summed E-state index contributed by atoms with van der Waals surface area (Å²) in [7, 11) is 1.70. The molecule has 2 N–H and O–H groups in total. The SMILES string of the molecule is COc1cccc(CN=C2CCCCCCNc3ccccc3N2)c1. The van der Waals surface area contributed by atoms with Crippen LogP contribution in [-0.2, 0) is 6.54 Å². The number of rotatable bonds is 3. The van der Waals surface area contributed by atoms with Crippen LogP contribution in [0.2, 0.25) is 0 Å². The summed E-state index contributed by atoms with van der Waals surface area (Å²) in [5, 5.41) is 7.09. The van der Waals surface area contributed by atoms with Gasteiger partial charge in [0.15, 0.2) is 0 Å². The maximum atomic E-state index is 5.30. The van der Waals surface area contributed by atoms with Crippen molar-refractivity contribution >= 4 is 17.2 Å². The molecule has 4 nitrogen and oxygen atoms in total. The van der Waals surface area contributed by atoms with Gasteiger partial charge in [-0.3, -0.25) is 4.99 Å². The third-order valence-electron chi connectivity index (χ3n) is 4.45. The van der Waals surface area contributed by atoms with Gasteiger partial charge in [-0.25, -0.2) is 0 Å². The van der Waals surface area contributed by atoms with E-state index >= 15 is 0 Å². The van der Waals surface area contributed by atoms with E-state index in [1.54, 1.807) is 7.11 Å². The highest BCUT2D eigenvalue weighted by molar-refractivity contribution is 5.98. The zero-order valence-corrected chi connectivity index (χ0v) is 14.9. The number of benzene rings is 2. The molecule has 2 aromatic carbocycles. The molecule has 1 aliphatic heterocycles. The average Bonchev–Trinajstić information content (AvgIpc) is 2.70. The molecule has 0 unspecified atom stereocenters. The van der Waals surface area contributed by atoms with Crippen LogP contribution in [0.15, 0.2) is 53.5 Å². The fourth-order valence-corrected chi connectivity index (χ4v) is 3.03. The highest BCUT2D eigenvalue weighted by Crippen LogP contribution is 2.23. The van der Waals surface area contributed by atoms with Crippen LogP contribution >= 0.6 is 0 Å². The van der Waals surface area contributed by atoms with E-state index < -0.39 is 0 Å². The fourth-order valence-electron chi connectivity index (χ4n) is 3.03. The normalized spacial score (nSPS) is 16.9. The molecule has 0 fully saturated rings. The van der Waals surface area contributed by atoms with E-state index in [0.29, 0.717) is 6.54 Å². The monoisotopic (exact) mass is 337 g/mol. The first-order chi connectivity index (χ1) is 12.3. The van der Waals surface area contributed by atoms with Crippen LogP contribution < -0.4 is 15.4 Å². The second-order valence-corrected chi connectivity index (χ2v) is 6.38. The third kappa shape index (κ3) is 5.24. The predicted molar refractivity (Wildman–Crippen MR) is 106 cm³/mol. The molecule has 25 heavy (non-hydrogen) atoms. The van der Waals surface area contributed by atoms with Gasteiger partial charge in [-0.2, -0.15) is 0 Å². The zero-order chi connectivity index (χ0) is 17.3. The summed E-state index contributed by atoms with van der Waals surface area (Å²) in [6.07, 6.45) is 5.88. The van der Waals surface area contributed by atoms with Gasteiger partial charge >= 0.3 is 0 Å². The molecule has 0 atom stereocenters. The summed E-state index contributed by atoms with van der Waals surface area (Å²) < 4.78 is 5.30. The Hall–Kier alpha value is -2.49. The average molecular weight is 337 g/mol. The molecule has 0 aromatic heterocycles. The Bertz CT molecular complexity index is 712. The molecule has 0 saturated heterocycles. The largest absolute Gasteiger partial charge is 0.497 e. The van der Waals surface area contributed by atoms with E-state index in [2.05, 4.69) is 41.0 Å². The molecule has 132 valence electrons. The smallest absolute Gasteiger partial charge is 0.119 e. The van der Waals surface area contributed by atoms with Crippen LogP contribution in [0.3, 0.4) is 0 Å². The van der Waals surface area contributed by atoms with E-state index in [-0.39, 0.29) is 0 Å². The quantitative estimate of drug-likeness (QED) is 0.821. The molecule has 3 rings (SSSR count). The summed E-state index contributed by atoms with van der Waals surface area (Å²) in [5.74, 6) is 1.93. The highest BCUT2D eigenvalue weighted by atomic mass is 16.5. The summed E-state index contributed by atoms with van der Waals surface area (Å²) in [5.41, 5.74) is 3.42. The lowest BCUT2D eigenvalue weighted by Crippen LogP contribution is -2.14. The van der Waals surface area contributed by atoms with Crippen molar-refractivity contribution in [2.75, 3.05) is 24.3 Å². The minimum atomic E-state index is 0.662. The lowest BCUT2D eigenvalue weighted by atomic mass is 10.1. The second kappa shape index (κ2) is 9.11. The van der Waals surface area contributed by atoms with Crippen molar-refractivity contribution in [3.63, 3.8) is 0 Å². The van der Waals surface area contributed by atoms with Crippen LogP contribution in [0.5, 0.6) is 5.75 Å². The molecule has 4 heteroatoms. The van der Waals surface area contributed by atoms with Crippen LogP contribution in [0.4, 0.5) is 11.4 Å². The molecule has 0 amide bonds. The number of hydrogen-bond donors (Lipinski definition) is 2. The fraction of sp³-hybridized carbons (Fsp3) is 0.381. The summed E-state index contributed by atoms with van der Waals surface area (Å²) in [6, 6.07) is 16.5. The van der Waals surface area contributed by atoms with Crippen molar-refractivity contribution in [2.24, 2.45) is 4.99 Å². The number of fused-ring (bicyclic) bond motifs is 1. The zero-order valence-electron chi connectivity index (χ0n) is 14.9. The maximum absolute atomic E-state index is 5.30. The number of ether oxygens (including phenoxy) is 1. The molecule has 2 aromatic rings. The highest BCUT2D eigenvalue weighted by Gasteiger charge is 2.07. The number of methoxy groups -OCH3 is 1. The Balaban J connectivity index is 1.77. The molecule has 0 spiro atoms. The molecule has 0 aliphatic carbocycles. The minimum Gasteiger partial charge on any atom is -0.497 e. The van der Waals surface area contributed by atoms with Gasteiger partial charge in [-0.15, -0.1) is 0 Å². The van der Waals surface area contributed by atoms with Crippen LogP contribution in [0.25, 0.3) is 0 Å². The first-order valence-corrected chi connectivity index (χ1v) is 9.11. The van der Waals surface area contributed by atoms with Crippen molar-refractivity contribution in [3.05, 3.63) is 54.1 Å². The summed E-state index contributed by atoms with van der Waals surface area (Å²) in [4.78, 5) is 4.85. The van der Waals surface area contributed by atoms with Crippen molar-refractivity contribution in [2.45, 2.75) is 38.6 Å². The van der Waals surface area contributed by atoms with Crippen molar-refractivity contribution in [3.8, 4) is 5.75 Å². The molecule has 0 bridgehead atoms. The van der Waals surface area contributed by atoms with E-state index in [0.717, 1.165) is 41.5 Å². The van der Waals surface area contributed by atoms with Gasteiger partial charge in [0.1, 0.15) is 11.6 Å². The maximum Gasteiger partial charge on any atom is 0.119 e. The molecule has 1 aliphatic rings. The van der Waals surface area contributed by atoms with Crippen LogP contribution in [0.1, 0.15) is 37.7 Å². The van der Waals surface area contributed by atoms with E-state index in [1.807, 2.05) is 18.2 Å². The van der Waals surface area contributed by atoms with Gasteiger partial charge in [-0.05, 0) is 42.7 Å². The number of anilines is 2. The van der Waals surface area contributed by atoms with Crippen LogP contribution in [-0.4, -0.2) is 19.5 Å². The lowest BCUT2D eigenvalue weighted by molar-refractivity contribution is 0.414. The number of hydrogen-bond acceptors (Lipinski definition) is 3. The third-order valence-corrected chi connectivity index (χ3v) is 4.45. The lowest BCUT2D eigenvalue weighted by Gasteiger charge is -2.14. The molecule has 1 heterocycles. The Morgan fingerprint density at radius 1 is 0.960 bits per heavy atom. The summed E-state index contributed by atoms with van der Waals surface area (Å²) >= 11 is 0. The Kier molecular flexibility index (Phi) is 6.32. The van der Waals surface area contributed by atoms with Crippen molar-refractivity contribution in [1.29, 1.82) is 0 Å². The van der Waals surface area contributed by atoms with Gasteiger partial charge in [0.05, 0.1) is 25.0 Å². The van der Waals surface area contributed by atoms with Crippen molar-refractivity contribution < 1.29 is 4.74 Å². The van der Waals surface area contributed by atoms with Gasteiger partial charge in [0.25, 0.3) is 0 Å². The number of nitrogens with zero attached hydrogens (tertiary/aromatic N) is 1. The van der Waals surface area contributed by atoms with Gasteiger partial charge in [-0.1, -0.05) is 37.1 Å². The molecule has 0 saturated carbocycles. The van der Waals surface area contributed by atoms with E-state index in [1.165, 1.54) is 25.7 Å². The Morgan fingerprint density at radius 2 is 1.80 bits per heavy atom. The van der Waals surface area contributed by atoms with Crippen LogP contribution in [0, 0.1) is 0 Å². The Labute approximate surface area is 150 Å². The Morgan fingerprint density at radius 3 is 2.68 bits per heavy atom. The van der Waals surface area contributed by atoms with E-state index in [4.69, 9.17) is 9.73 Å². The first kappa shape index (κ1) is 17.3. The number of aliphatic imine (C=N–C) groups is 1. The predicted octanol–water partition coefficient (Wildman–Crippen LogP) is 5.08. The number of amidine groups is 1. The summed E-state index contributed by atoms with van der Waals surface area (Å²) in [6.45, 7) is 1.68. The number of nitrogens with one attached hydrogen (secondary N) is 2. The minimum absolute atomic E-state index is 0.662. The molecular formula is C21H27N3O.